The first-order valence-electron chi connectivity index (χ1n) is 6.78. The first-order chi connectivity index (χ1) is 9.70. The molecular formula is C15H22N2O4. The number of hydrogen-bond donors (Lipinski definition) is 1. The zero-order valence-corrected chi connectivity index (χ0v) is 12.9. The molecule has 0 fully saturated rings. The van der Waals surface area contributed by atoms with Crippen molar-refractivity contribution in [2.75, 3.05) is 7.05 Å². The van der Waals surface area contributed by atoms with Crippen LogP contribution in [-0.4, -0.2) is 45.7 Å². The summed E-state index contributed by atoms with van der Waals surface area (Å²) in [6.07, 6.45) is 3.54. The van der Waals surface area contributed by atoms with Gasteiger partial charge in [0, 0.05) is 19.4 Å². The lowest BCUT2D eigenvalue weighted by atomic mass is 10.1. The number of carbonyl (C=O) groups excluding carboxylic acids is 1. The molecule has 1 N–H and O–H groups in total. The molecule has 6 heteroatoms. The number of pyridine rings is 1. The first kappa shape index (κ1) is 16.9. The van der Waals surface area contributed by atoms with Crippen LogP contribution < -0.4 is 0 Å². The maximum Gasteiger partial charge on any atom is 0.410 e. The minimum Gasteiger partial charge on any atom is -0.480 e. The van der Waals surface area contributed by atoms with Gasteiger partial charge in [-0.2, -0.15) is 0 Å². The predicted octanol–water partition coefficient (Wildman–Crippen LogP) is 2.33. The summed E-state index contributed by atoms with van der Waals surface area (Å²) < 4.78 is 5.20. The Kier molecular flexibility index (Phi) is 5.69. The van der Waals surface area contributed by atoms with Crippen LogP contribution >= 0.6 is 0 Å². The highest BCUT2D eigenvalue weighted by Gasteiger charge is 2.29. The zero-order valence-electron chi connectivity index (χ0n) is 12.9. The van der Waals surface area contributed by atoms with Crippen molar-refractivity contribution in [1.29, 1.82) is 0 Å². The van der Waals surface area contributed by atoms with Crippen LogP contribution in [0.5, 0.6) is 0 Å². The van der Waals surface area contributed by atoms with Crippen LogP contribution in [0.3, 0.4) is 0 Å². The minimum atomic E-state index is -1.04. The lowest BCUT2D eigenvalue weighted by Gasteiger charge is -2.28. The van der Waals surface area contributed by atoms with Gasteiger partial charge in [0.1, 0.15) is 11.6 Å². The average molecular weight is 294 g/mol. The molecule has 0 bridgehead atoms. The highest BCUT2D eigenvalue weighted by atomic mass is 16.6. The highest BCUT2D eigenvalue weighted by Crippen LogP contribution is 2.14. The van der Waals surface area contributed by atoms with Crippen molar-refractivity contribution < 1.29 is 19.4 Å². The van der Waals surface area contributed by atoms with Gasteiger partial charge in [-0.25, -0.2) is 9.59 Å². The van der Waals surface area contributed by atoms with Crippen molar-refractivity contribution in [3.05, 3.63) is 30.1 Å². The molecule has 1 amide bonds. The maximum absolute atomic E-state index is 11.9. The van der Waals surface area contributed by atoms with E-state index in [2.05, 4.69) is 4.98 Å². The van der Waals surface area contributed by atoms with Crippen molar-refractivity contribution in [2.24, 2.45) is 0 Å². The molecule has 0 radical (unpaired) electrons. The monoisotopic (exact) mass is 294 g/mol. The number of likely N-dealkylation sites (N-methyl/N-ethyl adjacent to an activating group) is 1. The van der Waals surface area contributed by atoms with E-state index >= 15 is 0 Å². The van der Waals surface area contributed by atoms with E-state index in [1.165, 1.54) is 7.05 Å². The van der Waals surface area contributed by atoms with Crippen LogP contribution in [0.4, 0.5) is 4.79 Å². The lowest BCUT2D eigenvalue weighted by molar-refractivity contribution is -0.142. The van der Waals surface area contributed by atoms with Gasteiger partial charge in [0.15, 0.2) is 0 Å². The number of ether oxygens (including phenoxy) is 1. The molecule has 1 unspecified atom stereocenters. The fourth-order valence-electron chi connectivity index (χ4n) is 1.80. The third kappa shape index (κ3) is 5.81. The molecule has 116 valence electrons. The summed E-state index contributed by atoms with van der Waals surface area (Å²) in [5.74, 6) is -1.04. The minimum absolute atomic E-state index is 0.315. The third-order valence-corrected chi connectivity index (χ3v) is 2.89. The normalized spacial score (nSPS) is 12.6. The van der Waals surface area contributed by atoms with Gasteiger partial charge in [0.2, 0.25) is 0 Å². The van der Waals surface area contributed by atoms with E-state index in [9.17, 15) is 14.7 Å². The highest BCUT2D eigenvalue weighted by molar-refractivity contribution is 5.80. The summed E-state index contributed by atoms with van der Waals surface area (Å²) in [6, 6.07) is 2.73. The molecule has 0 aliphatic carbocycles. The summed E-state index contributed by atoms with van der Waals surface area (Å²) in [7, 11) is 1.44. The van der Waals surface area contributed by atoms with Gasteiger partial charge in [-0.05, 0) is 51.3 Å². The average Bonchev–Trinajstić information content (AvgIpc) is 2.37. The molecule has 6 nitrogen and oxygen atoms in total. The van der Waals surface area contributed by atoms with E-state index in [1.807, 2.05) is 12.1 Å². The molecule has 0 spiro atoms. The van der Waals surface area contributed by atoms with Crippen LogP contribution in [0.2, 0.25) is 0 Å². The molecule has 1 aromatic rings. The Morgan fingerprint density at radius 1 is 1.33 bits per heavy atom. The molecular weight excluding hydrogens is 272 g/mol. The fourth-order valence-corrected chi connectivity index (χ4v) is 1.80. The van der Waals surface area contributed by atoms with Crippen LogP contribution in [0.15, 0.2) is 24.5 Å². The second-order valence-electron chi connectivity index (χ2n) is 5.84. The number of nitrogens with zero attached hydrogens (tertiary/aromatic N) is 2. The Bertz CT molecular complexity index is 482. The Balaban J connectivity index is 2.68. The van der Waals surface area contributed by atoms with Crippen molar-refractivity contribution >= 4 is 12.1 Å². The molecule has 1 aromatic heterocycles. The summed E-state index contributed by atoms with van der Waals surface area (Å²) in [5, 5.41) is 9.31. The largest absolute Gasteiger partial charge is 0.480 e. The quantitative estimate of drug-likeness (QED) is 0.901. The number of rotatable bonds is 5. The molecule has 0 saturated heterocycles. The summed E-state index contributed by atoms with van der Waals surface area (Å²) in [4.78, 5) is 28.4. The van der Waals surface area contributed by atoms with Crippen molar-refractivity contribution in [3.8, 4) is 0 Å². The topological polar surface area (TPSA) is 79.7 Å². The van der Waals surface area contributed by atoms with Crippen LogP contribution in [0.25, 0.3) is 0 Å². The predicted molar refractivity (Wildman–Crippen MR) is 78.0 cm³/mol. The van der Waals surface area contributed by atoms with Crippen molar-refractivity contribution in [2.45, 2.75) is 45.3 Å². The third-order valence-electron chi connectivity index (χ3n) is 2.89. The van der Waals surface area contributed by atoms with E-state index in [1.54, 1.807) is 33.2 Å². The molecule has 1 rings (SSSR count). The van der Waals surface area contributed by atoms with Gasteiger partial charge >= 0.3 is 12.1 Å². The summed E-state index contributed by atoms with van der Waals surface area (Å²) in [6.45, 7) is 5.22. The Morgan fingerprint density at radius 3 is 2.38 bits per heavy atom. The van der Waals surface area contributed by atoms with Gasteiger partial charge in [-0.1, -0.05) is 0 Å². The number of aromatic nitrogens is 1. The van der Waals surface area contributed by atoms with E-state index < -0.39 is 23.7 Å². The number of carboxylic acids is 1. The van der Waals surface area contributed by atoms with E-state index in [4.69, 9.17) is 4.74 Å². The number of amides is 1. The van der Waals surface area contributed by atoms with Crippen LogP contribution in [-0.2, 0) is 16.0 Å². The smallest absolute Gasteiger partial charge is 0.410 e. The molecule has 21 heavy (non-hydrogen) atoms. The standard InChI is InChI=1S/C15H22N2O4/c1-15(2,3)21-14(20)17(4)12(13(18)19)6-5-11-7-9-16-10-8-11/h7-10,12H,5-6H2,1-4H3,(H,18,19). The molecule has 0 saturated carbocycles. The Hall–Kier alpha value is -2.11. The molecule has 0 aliphatic heterocycles. The molecule has 0 aromatic carbocycles. The van der Waals surface area contributed by atoms with Gasteiger partial charge in [0.25, 0.3) is 0 Å². The van der Waals surface area contributed by atoms with E-state index in [-0.39, 0.29) is 0 Å². The number of carbonyl (C=O) groups is 2. The fraction of sp³-hybridized carbons (Fsp3) is 0.533. The van der Waals surface area contributed by atoms with Crippen molar-refractivity contribution in [3.63, 3.8) is 0 Å². The van der Waals surface area contributed by atoms with E-state index in [0.29, 0.717) is 12.8 Å². The maximum atomic E-state index is 11.9. The second kappa shape index (κ2) is 7.06. The SMILES string of the molecule is CN(C(=O)OC(C)(C)C)C(CCc1ccncc1)C(=O)O. The number of hydrogen-bond acceptors (Lipinski definition) is 4. The van der Waals surface area contributed by atoms with Gasteiger partial charge in [-0.3, -0.25) is 9.88 Å². The van der Waals surface area contributed by atoms with Gasteiger partial charge in [0.05, 0.1) is 0 Å². The number of aliphatic carboxylic acids is 1. The van der Waals surface area contributed by atoms with Crippen LogP contribution in [0, 0.1) is 0 Å². The van der Waals surface area contributed by atoms with Crippen molar-refractivity contribution in [1.82, 2.24) is 9.88 Å². The number of aryl methyl sites for hydroxylation is 1. The Morgan fingerprint density at radius 2 is 1.90 bits per heavy atom. The number of carboxylic acid groups (broad SMARTS) is 1. The summed E-state index contributed by atoms with van der Waals surface area (Å²) >= 11 is 0. The Labute approximate surface area is 124 Å². The van der Waals surface area contributed by atoms with E-state index in [0.717, 1.165) is 10.5 Å². The van der Waals surface area contributed by atoms with Gasteiger partial charge in [-0.15, -0.1) is 0 Å². The molecule has 1 atom stereocenters. The zero-order chi connectivity index (χ0) is 16.0. The van der Waals surface area contributed by atoms with Crippen LogP contribution in [0.1, 0.15) is 32.8 Å². The van der Waals surface area contributed by atoms with Gasteiger partial charge < -0.3 is 9.84 Å². The summed E-state index contributed by atoms with van der Waals surface area (Å²) in [5.41, 5.74) is 0.327. The lowest BCUT2D eigenvalue weighted by Crippen LogP contribution is -2.45. The second-order valence-corrected chi connectivity index (χ2v) is 5.84. The molecule has 0 aliphatic rings. The molecule has 1 heterocycles. The first-order valence-corrected chi connectivity index (χ1v) is 6.78.